The lowest BCUT2D eigenvalue weighted by molar-refractivity contribution is -0.0314. The molecule has 0 atom stereocenters. The van der Waals surface area contributed by atoms with Crippen LogP contribution in [0.1, 0.15) is 52.9 Å². The molecule has 0 N–H and O–H groups in total. The van der Waals surface area contributed by atoms with Gasteiger partial charge in [-0.05, 0) is 18.3 Å². The first-order chi connectivity index (χ1) is 7.90. The Bertz CT molecular complexity index is 279. The zero-order valence-electron chi connectivity index (χ0n) is 11.4. The second kappa shape index (κ2) is 4.51. The summed E-state index contributed by atoms with van der Waals surface area (Å²) in [7, 11) is 0. The van der Waals surface area contributed by atoms with Crippen molar-refractivity contribution < 1.29 is 9.53 Å². The van der Waals surface area contributed by atoms with Crippen LogP contribution in [0.4, 0.5) is 4.79 Å². The first kappa shape index (κ1) is 12.7. The van der Waals surface area contributed by atoms with E-state index in [2.05, 4.69) is 20.8 Å². The highest BCUT2D eigenvalue weighted by atomic mass is 16.6. The number of rotatable bonds is 1. The van der Waals surface area contributed by atoms with Gasteiger partial charge in [-0.2, -0.15) is 0 Å². The molecule has 1 saturated heterocycles. The largest absolute Gasteiger partial charge is 0.449 e. The minimum absolute atomic E-state index is 0.0586. The number of nitrogens with zero attached hydrogens (tertiary/aromatic N) is 1. The summed E-state index contributed by atoms with van der Waals surface area (Å²) in [5, 5.41) is 0. The van der Waals surface area contributed by atoms with Crippen molar-refractivity contribution in [3.05, 3.63) is 0 Å². The number of carbonyl (C=O) groups excluding carboxylic acids is 1. The van der Waals surface area contributed by atoms with Crippen LogP contribution < -0.4 is 0 Å². The minimum Gasteiger partial charge on any atom is -0.449 e. The van der Waals surface area contributed by atoms with Gasteiger partial charge in [0.2, 0.25) is 0 Å². The SMILES string of the molecule is CC(C)(C)COC(=O)N1CC2(CCCCC2)C1. The Kier molecular flexibility index (Phi) is 3.37. The second-order valence-electron chi connectivity index (χ2n) is 7.03. The Morgan fingerprint density at radius 3 is 2.29 bits per heavy atom. The van der Waals surface area contributed by atoms with Gasteiger partial charge in [-0.1, -0.05) is 40.0 Å². The molecule has 1 amide bonds. The maximum atomic E-state index is 11.8. The Morgan fingerprint density at radius 2 is 1.76 bits per heavy atom. The van der Waals surface area contributed by atoms with Crippen LogP contribution in [0.3, 0.4) is 0 Å². The van der Waals surface area contributed by atoms with Crippen molar-refractivity contribution >= 4 is 6.09 Å². The molecule has 2 aliphatic rings. The molecular weight excluding hydrogens is 214 g/mol. The van der Waals surface area contributed by atoms with Crippen LogP contribution in [0.25, 0.3) is 0 Å². The van der Waals surface area contributed by atoms with Crippen molar-refractivity contribution in [2.24, 2.45) is 10.8 Å². The molecule has 0 bridgehead atoms. The van der Waals surface area contributed by atoms with Crippen LogP contribution in [0.15, 0.2) is 0 Å². The van der Waals surface area contributed by atoms with Gasteiger partial charge in [0.1, 0.15) is 0 Å². The van der Waals surface area contributed by atoms with Crippen LogP contribution in [0.5, 0.6) is 0 Å². The molecule has 0 aromatic carbocycles. The van der Waals surface area contributed by atoms with Crippen molar-refractivity contribution in [2.45, 2.75) is 52.9 Å². The van der Waals surface area contributed by atoms with E-state index in [0.29, 0.717) is 12.0 Å². The maximum absolute atomic E-state index is 11.8. The number of amides is 1. The summed E-state index contributed by atoms with van der Waals surface area (Å²) in [6, 6.07) is 0. The van der Waals surface area contributed by atoms with E-state index in [1.807, 2.05) is 4.90 Å². The van der Waals surface area contributed by atoms with Gasteiger partial charge in [-0.3, -0.25) is 0 Å². The highest BCUT2D eigenvalue weighted by Crippen LogP contribution is 2.43. The molecule has 2 rings (SSSR count). The molecule has 3 nitrogen and oxygen atoms in total. The van der Waals surface area contributed by atoms with Crippen LogP contribution in [-0.2, 0) is 4.74 Å². The monoisotopic (exact) mass is 239 g/mol. The van der Waals surface area contributed by atoms with Crippen molar-refractivity contribution in [3.63, 3.8) is 0 Å². The summed E-state index contributed by atoms with van der Waals surface area (Å²) in [6.45, 7) is 8.61. The van der Waals surface area contributed by atoms with Crippen molar-refractivity contribution in [2.75, 3.05) is 19.7 Å². The first-order valence-electron chi connectivity index (χ1n) is 6.82. The van der Waals surface area contributed by atoms with Gasteiger partial charge in [-0.25, -0.2) is 4.79 Å². The van der Waals surface area contributed by atoms with Gasteiger partial charge < -0.3 is 9.64 Å². The van der Waals surface area contributed by atoms with Gasteiger partial charge >= 0.3 is 6.09 Å². The predicted molar refractivity (Wildman–Crippen MR) is 67.9 cm³/mol. The summed E-state index contributed by atoms with van der Waals surface area (Å²) >= 11 is 0. The molecule has 1 spiro atoms. The Balaban J connectivity index is 1.73. The lowest BCUT2D eigenvalue weighted by atomic mass is 9.69. The summed E-state index contributed by atoms with van der Waals surface area (Å²) < 4.78 is 5.33. The summed E-state index contributed by atoms with van der Waals surface area (Å²) in [6.07, 6.45) is 6.54. The smallest absolute Gasteiger partial charge is 0.409 e. The first-order valence-corrected chi connectivity index (χ1v) is 6.82. The Labute approximate surface area is 105 Å². The van der Waals surface area contributed by atoms with E-state index in [9.17, 15) is 4.79 Å². The Morgan fingerprint density at radius 1 is 1.18 bits per heavy atom. The molecule has 3 heteroatoms. The maximum Gasteiger partial charge on any atom is 0.409 e. The van der Waals surface area contributed by atoms with E-state index in [1.54, 1.807) is 0 Å². The zero-order chi connectivity index (χ0) is 12.5. The molecule has 17 heavy (non-hydrogen) atoms. The number of likely N-dealkylation sites (tertiary alicyclic amines) is 1. The minimum atomic E-state index is -0.115. The third-order valence-electron chi connectivity index (χ3n) is 3.85. The van der Waals surface area contributed by atoms with Crippen LogP contribution >= 0.6 is 0 Å². The van der Waals surface area contributed by atoms with Crippen molar-refractivity contribution in [1.82, 2.24) is 4.90 Å². The Hall–Kier alpha value is -0.730. The van der Waals surface area contributed by atoms with Crippen LogP contribution in [0, 0.1) is 10.8 Å². The number of carbonyl (C=O) groups is 1. The average Bonchev–Trinajstić information content (AvgIpc) is 2.22. The van der Waals surface area contributed by atoms with Gasteiger partial charge in [0.25, 0.3) is 0 Å². The number of hydrogen-bond acceptors (Lipinski definition) is 2. The summed E-state index contributed by atoms with van der Waals surface area (Å²) in [4.78, 5) is 13.7. The molecule has 1 aliphatic carbocycles. The molecule has 1 saturated carbocycles. The van der Waals surface area contributed by atoms with Crippen LogP contribution in [0.2, 0.25) is 0 Å². The molecule has 2 fully saturated rings. The van der Waals surface area contributed by atoms with E-state index >= 15 is 0 Å². The van der Waals surface area contributed by atoms with Gasteiger partial charge in [0, 0.05) is 18.5 Å². The molecule has 0 aromatic heterocycles. The fraction of sp³-hybridized carbons (Fsp3) is 0.929. The highest BCUT2D eigenvalue weighted by molar-refractivity contribution is 5.69. The third-order valence-corrected chi connectivity index (χ3v) is 3.85. The number of hydrogen-bond donors (Lipinski definition) is 0. The topological polar surface area (TPSA) is 29.5 Å². The third kappa shape index (κ3) is 3.14. The van der Waals surface area contributed by atoms with E-state index in [-0.39, 0.29) is 11.5 Å². The summed E-state index contributed by atoms with van der Waals surface area (Å²) in [5.41, 5.74) is 0.516. The quantitative estimate of drug-likeness (QED) is 0.701. The fourth-order valence-corrected chi connectivity index (χ4v) is 2.88. The molecular formula is C14H25NO2. The second-order valence-corrected chi connectivity index (χ2v) is 7.03. The normalized spacial score (nSPS) is 23.4. The molecule has 0 radical (unpaired) electrons. The van der Waals surface area contributed by atoms with E-state index < -0.39 is 0 Å². The van der Waals surface area contributed by atoms with Gasteiger partial charge in [-0.15, -0.1) is 0 Å². The van der Waals surface area contributed by atoms with Gasteiger partial charge in [0.05, 0.1) is 6.61 Å². The number of ether oxygens (including phenoxy) is 1. The van der Waals surface area contributed by atoms with E-state index in [1.165, 1.54) is 32.1 Å². The lowest BCUT2D eigenvalue weighted by Crippen LogP contribution is -2.59. The standard InChI is InChI=1S/C14H25NO2/c1-13(2,3)11-17-12(16)15-9-14(10-15)7-5-4-6-8-14/h4-11H2,1-3H3. The molecule has 1 heterocycles. The van der Waals surface area contributed by atoms with Crippen molar-refractivity contribution in [1.29, 1.82) is 0 Å². The molecule has 1 aliphatic heterocycles. The van der Waals surface area contributed by atoms with E-state index in [4.69, 9.17) is 4.74 Å². The fourth-order valence-electron chi connectivity index (χ4n) is 2.88. The molecule has 0 aromatic rings. The predicted octanol–water partition coefficient (Wildman–Crippen LogP) is 3.44. The summed E-state index contributed by atoms with van der Waals surface area (Å²) in [5.74, 6) is 0. The lowest BCUT2D eigenvalue weighted by Gasteiger charge is -2.51. The van der Waals surface area contributed by atoms with E-state index in [0.717, 1.165) is 13.1 Å². The van der Waals surface area contributed by atoms with Crippen molar-refractivity contribution in [3.8, 4) is 0 Å². The van der Waals surface area contributed by atoms with Gasteiger partial charge in [0.15, 0.2) is 0 Å². The highest BCUT2D eigenvalue weighted by Gasteiger charge is 2.45. The molecule has 0 unspecified atom stereocenters. The molecule has 98 valence electrons. The average molecular weight is 239 g/mol. The van der Waals surface area contributed by atoms with Crippen LogP contribution in [-0.4, -0.2) is 30.7 Å². The zero-order valence-corrected chi connectivity index (χ0v) is 11.4.